The molecule has 0 saturated carbocycles. The Balaban J connectivity index is 3.34. The van der Waals surface area contributed by atoms with E-state index in [1.54, 1.807) is 0 Å². The molecule has 2 N–H and O–H groups in total. The molecule has 10 heavy (non-hydrogen) atoms. The Morgan fingerprint density at radius 1 is 1.60 bits per heavy atom. The summed E-state index contributed by atoms with van der Waals surface area (Å²) in [7, 11) is 0. The molecule has 0 unspecified atom stereocenters. The Labute approximate surface area is 62.6 Å². The molecule has 0 aliphatic rings. The second-order valence-corrected chi connectivity index (χ2v) is 2.11. The molecule has 50 valence electrons. The summed E-state index contributed by atoms with van der Waals surface area (Å²) >= 11 is 4.65. The summed E-state index contributed by atoms with van der Waals surface area (Å²) in [4.78, 5) is 2.53. The minimum Gasteiger partial charge on any atom is -0.505 e. The summed E-state index contributed by atoms with van der Waals surface area (Å²) in [6.45, 7) is 0. The molecule has 1 aromatic heterocycles. The molecule has 0 aromatic carbocycles. The van der Waals surface area contributed by atoms with E-state index in [0.29, 0.717) is 5.69 Å². The summed E-state index contributed by atoms with van der Waals surface area (Å²) in [6.07, 6.45) is 0. The minimum atomic E-state index is -0.00556. The van der Waals surface area contributed by atoms with Crippen LogP contribution in [0, 0.1) is 16.0 Å². The van der Waals surface area contributed by atoms with Gasteiger partial charge in [0.1, 0.15) is 22.2 Å². The predicted octanol–water partition coefficient (Wildman–Crippen LogP) is 1.32. The standard InChI is InChI=1S/C6H4N2OS/c7-3-4-1-2-5(9)6(10)8-4/h1-2,9H,(H,8,10). The molecule has 1 rings (SSSR count). The number of hydrogen-bond donors (Lipinski definition) is 2. The van der Waals surface area contributed by atoms with Crippen molar-refractivity contribution in [3.8, 4) is 11.8 Å². The third-order valence-electron chi connectivity index (χ3n) is 1.01. The van der Waals surface area contributed by atoms with Gasteiger partial charge in [-0.05, 0) is 12.1 Å². The second kappa shape index (κ2) is 2.50. The van der Waals surface area contributed by atoms with E-state index in [9.17, 15) is 0 Å². The van der Waals surface area contributed by atoms with Gasteiger partial charge in [-0.15, -0.1) is 0 Å². The average molecular weight is 152 g/mol. The van der Waals surface area contributed by atoms with Crippen LogP contribution in [0.1, 0.15) is 5.69 Å². The molecule has 0 aliphatic carbocycles. The molecule has 0 atom stereocenters. The lowest BCUT2D eigenvalue weighted by Crippen LogP contribution is -1.80. The van der Waals surface area contributed by atoms with Gasteiger partial charge in [0, 0.05) is 0 Å². The molecule has 0 bridgehead atoms. The first-order valence-electron chi connectivity index (χ1n) is 2.56. The largest absolute Gasteiger partial charge is 0.505 e. The normalized spacial score (nSPS) is 8.70. The van der Waals surface area contributed by atoms with Crippen LogP contribution in [-0.2, 0) is 0 Å². The van der Waals surface area contributed by atoms with Crippen molar-refractivity contribution in [1.29, 1.82) is 5.26 Å². The Kier molecular flexibility index (Phi) is 1.69. The van der Waals surface area contributed by atoms with Gasteiger partial charge >= 0.3 is 0 Å². The molecule has 3 nitrogen and oxygen atoms in total. The number of rotatable bonds is 0. The van der Waals surface area contributed by atoms with E-state index >= 15 is 0 Å². The molecule has 1 aromatic rings. The van der Waals surface area contributed by atoms with E-state index < -0.39 is 0 Å². The molecule has 0 radical (unpaired) electrons. The monoisotopic (exact) mass is 152 g/mol. The van der Waals surface area contributed by atoms with Crippen LogP contribution in [0.3, 0.4) is 0 Å². The Hall–Kier alpha value is -1.34. The van der Waals surface area contributed by atoms with E-state index in [2.05, 4.69) is 17.2 Å². The number of pyridine rings is 1. The molecule has 0 aliphatic heterocycles. The molecular weight excluding hydrogens is 148 g/mol. The van der Waals surface area contributed by atoms with E-state index in [1.807, 2.05) is 6.07 Å². The summed E-state index contributed by atoms with van der Waals surface area (Å²) in [5.74, 6) is -0.00556. The van der Waals surface area contributed by atoms with Crippen molar-refractivity contribution in [3.05, 3.63) is 22.5 Å². The van der Waals surface area contributed by atoms with Gasteiger partial charge in [0.25, 0.3) is 0 Å². The first-order valence-corrected chi connectivity index (χ1v) is 2.97. The van der Waals surface area contributed by atoms with E-state index in [-0.39, 0.29) is 10.4 Å². The zero-order valence-corrected chi connectivity index (χ0v) is 5.77. The quantitative estimate of drug-likeness (QED) is 0.551. The molecule has 1 heterocycles. The number of hydrogen-bond acceptors (Lipinski definition) is 3. The van der Waals surface area contributed by atoms with Crippen LogP contribution in [0.4, 0.5) is 0 Å². The van der Waals surface area contributed by atoms with E-state index in [1.165, 1.54) is 12.1 Å². The van der Waals surface area contributed by atoms with Gasteiger partial charge < -0.3 is 10.1 Å². The number of aromatic hydroxyl groups is 1. The second-order valence-electron chi connectivity index (χ2n) is 1.70. The highest BCUT2D eigenvalue weighted by atomic mass is 32.1. The van der Waals surface area contributed by atoms with E-state index in [4.69, 9.17) is 10.4 Å². The molecule has 0 saturated heterocycles. The van der Waals surface area contributed by atoms with Crippen molar-refractivity contribution in [2.45, 2.75) is 0 Å². The fourth-order valence-electron chi connectivity index (χ4n) is 0.531. The van der Waals surface area contributed by atoms with Crippen molar-refractivity contribution in [3.63, 3.8) is 0 Å². The van der Waals surface area contributed by atoms with Crippen molar-refractivity contribution in [2.24, 2.45) is 0 Å². The molecule has 0 fully saturated rings. The lowest BCUT2D eigenvalue weighted by atomic mass is 10.4. The highest BCUT2D eigenvalue weighted by Crippen LogP contribution is 2.08. The topological polar surface area (TPSA) is 59.8 Å². The number of aromatic amines is 1. The Morgan fingerprint density at radius 3 is 2.80 bits per heavy atom. The first kappa shape index (κ1) is 6.78. The fraction of sp³-hybridized carbons (Fsp3) is 0. The number of H-pyrrole nitrogens is 1. The first-order chi connectivity index (χ1) is 4.74. The van der Waals surface area contributed by atoms with Crippen molar-refractivity contribution >= 4 is 12.2 Å². The summed E-state index contributed by atoms with van der Waals surface area (Å²) in [5.41, 5.74) is 0.350. The van der Waals surface area contributed by atoms with Crippen LogP contribution < -0.4 is 0 Å². The molecule has 0 spiro atoms. The van der Waals surface area contributed by atoms with Gasteiger partial charge in [0.2, 0.25) is 0 Å². The number of nitrogens with one attached hydrogen (secondary N) is 1. The van der Waals surface area contributed by atoms with Crippen LogP contribution in [0.15, 0.2) is 12.1 Å². The average Bonchev–Trinajstić information content (AvgIpc) is 1.95. The predicted molar refractivity (Wildman–Crippen MR) is 38.0 cm³/mol. The highest BCUT2D eigenvalue weighted by molar-refractivity contribution is 7.71. The summed E-state index contributed by atoms with van der Waals surface area (Å²) < 4.78 is 0.194. The molecule has 0 amide bonds. The molecule has 4 heteroatoms. The smallest absolute Gasteiger partial charge is 0.150 e. The molecular formula is C6H4N2OS. The third kappa shape index (κ3) is 1.14. The number of nitriles is 1. The maximum absolute atomic E-state index is 8.89. The van der Waals surface area contributed by atoms with Gasteiger partial charge in [-0.3, -0.25) is 0 Å². The van der Waals surface area contributed by atoms with Gasteiger partial charge in [-0.25, -0.2) is 0 Å². The van der Waals surface area contributed by atoms with Crippen molar-refractivity contribution < 1.29 is 5.11 Å². The fourth-order valence-corrected chi connectivity index (χ4v) is 0.709. The lowest BCUT2D eigenvalue weighted by Gasteiger charge is -1.90. The van der Waals surface area contributed by atoms with Crippen LogP contribution in [0.2, 0.25) is 0 Å². The van der Waals surface area contributed by atoms with Crippen LogP contribution in [0.25, 0.3) is 0 Å². The maximum atomic E-state index is 8.89. The zero-order valence-electron chi connectivity index (χ0n) is 4.96. The van der Waals surface area contributed by atoms with Gasteiger partial charge in [-0.1, -0.05) is 12.2 Å². The lowest BCUT2D eigenvalue weighted by molar-refractivity contribution is 0.470. The summed E-state index contributed by atoms with van der Waals surface area (Å²) in [6, 6.07) is 4.71. The van der Waals surface area contributed by atoms with Crippen LogP contribution >= 0.6 is 12.2 Å². The minimum absolute atomic E-state index is 0.00556. The van der Waals surface area contributed by atoms with Crippen molar-refractivity contribution in [1.82, 2.24) is 4.98 Å². The van der Waals surface area contributed by atoms with Gasteiger partial charge in [0.15, 0.2) is 0 Å². The Morgan fingerprint density at radius 2 is 2.30 bits per heavy atom. The summed E-state index contributed by atoms with van der Waals surface area (Å²) in [5, 5.41) is 17.2. The van der Waals surface area contributed by atoms with Crippen molar-refractivity contribution in [2.75, 3.05) is 0 Å². The zero-order chi connectivity index (χ0) is 7.56. The number of nitrogens with zero attached hydrogens (tertiary/aromatic N) is 1. The number of aromatic nitrogens is 1. The highest BCUT2D eigenvalue weighted by Gasteiger charge is 1.91. The SMILES string of the molecule is N#Cc1ccc(O)c(=S)[nH]1. The third-order valence-corrected chi connectivity index (χ3v) is 1.32. The maximum Gasteiger partial charge on any atom is 0.150 e. The van der Waals surface area contributed by atoms with Crippen LogP contribution in [-0.4, -0.2) is 10.1 Å². The van der Waals surface area contributed by atoms with Gasteiger partial charge in [-0.2, -0.15) is 5.26 Å². The van der Waals surface area contributed by atoms with Gasteiger partial charge in [0.05, 0.1) is 0 Å². The van der Waals surface area contributed by atoms with Crippen LogP contribution in [0.5, 0.6) is 5.75 Å². The Bertz CT molecular complexity index is 336. The van der Waals surface area contributed by atoms with E-state index in [0.717, 1.165) is 0 Å².